The van der Waals surface area contributed by atoms with E-state index < -0.39 is 11.6 Å². The van der Waals surface area contributed by atoms with Gasteiger partial charge < -0.3 is 14.2 Å². The highest BCUT2D eigenvalue weighted by molar-refractivity contribution is 5.66. The van der Waals surface area contributed by atoms with Crippen LogP contribution >= 0.6 is 0 Å². The van der Waals surface area contributed by atoms with Crippen molar-refractivity contribution < 1.29 is 23.0 Å². The molecule has 1 aliphatic heterocycles. The lowest BCUT2D eigenvalue weighted by molar-refractivity contribution is -0.0194. The maximum Gasteiger partial charge on any atom is 0.201 e. The highest BCUT2D eigenvalue weighted by Crippen LogP contribution is 2.33. The predicted molar refractivity (Wildman–Crippen MR) is 130 cm³/mol. The van der Waals surface area contributed by atoms with Crippen molar-refractivity contribution in [3.05, 3.63) is 83.4 Å². The van der Waals surface area contributed by atoms with Crippen LogP contribution in [0.2, 0.25) is 0 Å². The Labute approximate surface area is 200 Å². The number of rotatable bonds is 9. The zero-order valence-electron chi connectivity index (χ0n) is 19.9. The molecule has 0 N–H and O–H groups in total. The Kier molecular flexibility index (Phi) is 8.17. The van der Waals surface area contributed by atoms with Crippen molar-refractivity contribution in [3.8, 4) is 22.6 Å². The van der Waals surface area contributed by atoms with Crippen LogP contribution in [0.4, 0.5) is 8.78 Å². The first-order chi connectivity index (χ1) is 16.6. The van der Waals surface area contributed by atoms with Crippen molar-refractivity contribution in [2.24, 2.45) is 5.92 Å². The van der Waals surface area contributed by atoms with Gasteiger partial charge in [-0.05, 0) is 73.1 Å². The topological polar surface area (TPSA) is 27.7 Å². The Morgan fingerprint density at radius 3 is 2.26 bits per heavy atom. The van der Waals surface area contributed by atoms with E-state index in [-0.39, 0.29) is 24.0 Å². The fourth-order valence-electron chi connectivity index (χ4n) is 4.45. The Morgan fingerprint density at radius 2 is 1.62 bits per heavy atom. The molecule has 5 heteroatoms. The molecule has 0 aromatic heterocycles. The average Bonchev–Trinajstić information content (AvgIpc) is 2.87. The maximum atomic E-state index is 14.5. The Bertz CT molecular complexity index is 1060. The van der Waals surface area contributed by atoms with Crippen LogP contribution in [0.25, 0.3) is 11.1 Å². The van der Waals surface area contributed by atoms with Gasteiger partial charge in [0.25, 0.3) is 0 Å². The predicted octanol–water partition coefficient (Wildman–Crippen LogP) is 7.88. The lowest BCUT2D eigenvalue weighted by Gasteiger charge is -2.29. The van der Waals surface area contributed by atoms with E-state index in [0.717, 1.165) is 18.6 Å². The van der Waals surface area contributed by atoms with Gasteiger partial charge in [0.1, 0.15) is 12.4 Å². The molecule has 0 aliphatic carbocycles. The van der Waals surface area contributed by atoms with Crippen LogP contribution in [0.5, 0.6) is 11.5 Å². The molecule has 34 heavy (non-hydrogen) atoms. The van der Waals surface area contributed by atoms with Crippen molar-refractivity contribution in [1.82, 2.24) is 0 Å². The summed E-state index contributed by atoms with van der Waals surface area (Å²) >= 11 is 0. The quantitative estimate of drug-likeness (QED) is 0.321. The molecule has 1 heterocycles. The summed E-state index contributed by atoms with van der Waals surface area (Å²) in [5, 5.41) is 0. The lowest BCUT2D eigenvalue weighted by atomic mass is 9.91. The van der Waals surface area contributed by atoms with Crippen LogP contribution < -0.4 is 9.47 Å². The maximum absolute atomic E-state index is 14.5. The molecular formula is C29H32F2O3. The van der Waals surface area contributed by atoms with Gasteiger partial charge in [-0.1, -0.05) is 49.7 Å². The Hall–Kier alpha value is -2.92. The van der Waals surface area contributed by atoms with Crippen molar-refractivity contribution in [2.45, 2.75) is 52.2 Å². The smallest absolute Gasteiger partial charge is 0.201 e. The summed E-state index contributed by atoms with van der Waals surface area (Å²) in [5.74, 6) is -0.599. The SMILES string of the molecule is CCCC1CCC(c2ccc(COc3ccc(-c4ccc(OCC)c(F)c4F)cc3)cc2)OC1. The molecule has 2 unspecified atom stereocenters. The highest BCUT2D eigenvalue weighted by atomic mass is 19.2. The van der Waals surface area contributed by atoms with Crippen LogP contribution in [-0.4, -0.2) is 13.2 Å². The largest absolute Gasteiger partial charge is 0.491 e. The molecule has 0 amide bonds. The third-order valence-electron chi connectivity index (χ3n) is 6.34. The van der Waals surface area contributed by atoms with Gasteiger partial charge in [0.2, 0.25) is 5.82 Å². The minimum Gasteiger partial charge on any atom is -0.491 e. The van der Waals surface area contributed by atoms with Crippen LogP contribution in [-0.2, 0) is 11.3 Å². The normalized spacial score (nSPS) is 18.0. The van der Waals surface area contributed by atoms with E-state index in [1.165, 1.54) is 37.0 Å². The lowest BCUT2D eigenvalue weighted by Crippen LogP contribution is -2.20. The van der Waals surface area contributed by atoms with Crippen molar-refractivity contribution >= 4 is 0 Å². The second-order valence-electron chi connectivity index (χ2n) is 8.78. The minimum absolute atomic E-state index is 0.0783. The van der Waals surface area contributed by atoms with E-state index in [9.17, 15) is 8.78 Å². The molecule has 1 aliphatic rings. The summed E-state index contributed by atoms with van der Waals surface area (Å²) in [6, 6.07) is 18.3. The van der Waals surface area contributed by atoms with Gasteiger partial charge in [-0.2, -0.15) is 4.39 Å². The summed E-state index contributed by atoms with van der Waals surface area (Å²) in [4.78, 5) is 0. The first-order valence-corrected chi connectivity index (χ1v) is 12.1. The van der Waals surface area contributed by atoms with E-state index >= 15 is 0 Å². The monoisotopic (exact) mass is 466 g/mol. The van der Waals surface area contributed by atoms with Crippen LogP contribution in [0.1, 0.15) is 56.8 Å². The number of hydrogen-bond acceptors (Lipinski definition) is 3. The van der Waals surface area contributed by atoms with Crippen molar-refractivity contribution in [2.75, 3.05) is 13.2 Å². The molecule has 0 spiro atoms. The zero-order valence-corrected chi connectivity index (χ0v) is 19.9. The molecule has 0 saturated carbocycles. The summed E-state index contributed by atoms with van der Waals surface area (Å²) in [6.07, 6.45) is 4.95. The third-order valence-corrected chi connectivity index (χ3v) is 6.34. The van der Waals surface area contributed by atoms with E-state index in [1.807, 2.05) is 0 Å². The second-order valence-corrected chi connectivity index (χ2v) is 8.78. The van der Waals surface area contributed by atoms with Gasteiger partial charge in [0, 0.05) is 5.56 Å². The first kappa shape index (κ1) is 24.2. The van der Waals surface area contributed by atoms with E-state index in [0.29, 0.717) is 23.8 Å². The summed E-state index contributed by atoms with van der Waals surface area (Å²) < 4.78 is 45.8. The number of ether oxygens (including phenoxy) is 3. The summed E-state index contributed by atoms with van der Waals surface area (Å²) in [6.45, 7) is 5.51. The molecule has 4 rings (SSSR count). The number of benzene rings is 3. The Balaban J connectivity index is 1.33. The molecule has 1 saturated heterocycles. The molecular weight excluding hydrogens is 434 g/mol. The summed E-state index contributed by atoms with van der Waals surface area (Å²) in [7, 11) is 0. The van der Waals surface area contributed by atoms with Crippen LogP contribution in [0.15, 0.2) is 60.7 Å². The van der Waals surface area contributed by atoms with E-state index in [1.54, 1.807) is 31.2 Å². The Morgan fingerprint density at radius 1 is 0.853 bits per heavy atom. The fraction of sp³-hybridized carbons (Fsp3) is 0.379. The molecule has 3 aromatic carbocycles. The average molecular weight is 467 g/mol. The highest BCUT2D eigenvalue weighted by Gasteiger charge is 2.22. The second kappa shape index (κ2) is 11.5. The number of halogens is 2. The van der Waals surface area contributed by atoms with E-state index in [2.05, 4.69) is 31.2 Å². The molecule has 0 bridgehead atoms. The van der Waals surface area contributed by atoms with Crippen molar-refractivity contribution in [3.63, 3.8) is 0 Å². The molecule has 1 fully saturated rings. The molecule has 0 radical (unpaired) electrons. The van der Waals surface area contributed by atoms with Gasteiger partial charge in [0.05, 0.1) is 19.3 Å². The molecule has 2 atom stereocenters. The minimum atomic E-state index is -0.970. The van der Waals surface area contributed by atoms with Gasteiger partial charge in [-0.25, -0.2) is 4.39 Å². The standard InChI is InChI=1S/C29H32F2O3/c1-3-5-20-8-16-26(34-19-20)23-9-6-21(7-10-23)18-33-24-13-11-22(12-14-24)25-15-17-27(32-4-2)29(31)28(25)30/h6-7,9-15,17,20,26H,3-5,8,16,18-19H2,1-2H3. The van der Waals surface area contributed by atoms with E-state index in [4.69, 9.17) is 14.2 Å². The number of hydrogen-bond donors (Lipinski definition) is 0. The first-order valence-electron chi connectivity index (χ1n) is 12.1. The van der Waals surface area contributed by atoms with Gasteiger partial charge in [0.15, 0.2) is 11.6 Å². The molecule has 180 valence electrons. The van der Waals surface area contributed by atoms with Gasteiger partial charge >= 0.3 is 0 Å². The van der Waals surface area contributed by atoms with Crippen molar-refractivity contribution in [1.29, 1.82) is 0 Å². The van der Waals surface area contributed by atoms with Crippen LogP contribution in [0, 0.1) is 17.6 Å². The molecule has 3 nitrogen and oxygen atoms in total. The summed E-state index contributed by atoms with van der Waals surface area (Å²) in [5.41, 5.74) is 3.04. The molecule has 3 aromatic rings. The fourth-order valence-corrected chi connectivity index (χ4v) is 4.45. The zero-order chi connectivity index (χ0) is 23.9. The van der Waals surface area contributed by atoms with Gasteiger partial charge in [-0.15, -0.1) is 0 Å². The van der Waals surface area contributed by atoms with Crippen LogP contribution in [0.3, 0.4) is 0 Å². The van der Waals surface area contributed by atoms with Gasteiger partial charge in [-0.3, -0.25) is 0 Å². The third kappa shape index (κ3) is 5.76.